The maximum Gasteiger partial charge on any atom is 0.255 e. The van der Waals surface area contributed by atoms with Crippen LogP contribution in [0.1, 0.15) is 15.9 Å². The first-order valence-corrected chi connectivity index (χ1v) is 9.03. The van der Waals surface area contributed by atoms with Gasteiger partial charge in [-0.05, 0) is 48.9 Å². The number of nitrogens with zero attached hydrogens (tertiary/aromatic N) is 1. The maximum absolute atomic E-state index is 12.3. The highest BCUT2D eigenvalue weighted by Crippen LogP contribution is 2.24. The van der Waals surface area contributed by atoms with Crippen molar-refractivity contribution in [1.29, 1.82) is 0 Å². The number of carbonyl (C=O) groups is 1. The number of benzene rings is 2. The lowest BCUT2D eigenvalue weighted by molar-refractivity contribution is 0.102. The minimum atomic E-state index is -3.33. The summed E-state index contributed by atoms with van der Waals surface area (Å²) in [5, 5.41) is 3.37. The molecule has 0 unspecified atom stereocenters. The zero-order chi connectivity index (χ0) is 17.2. The van der Waals surface area contributed by atoms with Crippen molar-refractivity contribution < 1.29 is 13.2 Å². The first-order valence-electron chi connectivity index (χ1n) is 6.80. The maximum atomic E-state index is 12.3. The molecule has 0 heterocycles. The molecule has 0 aliphatic carbocycles. The highest BCUT2D eigenvalue weighted by molar-refractivity contribution is 7.92. The normalized spacial score (nSPS) is 11.1. The molecule has 0 saturated carbocycles. The largest absolute Gasteiger partial charge is 0.322 e. The summed E-state index contributed by atoms with van der Waals surface area (Å²) in [4.78, 5) is 12.3. The molecule has 7 heteroatoms. The number of amides is 1. The fraction of sp³-hybridized carbons (Fsp3) is 0.188. The number of hydrogen-bond donors (Lipinski definition) is 1. The molecule has 1 amide bonds. The van der Waals surface area contributed by atoms with Gasteiger partial charge in [-0.15, -0.1) is 0 Å². The van der Waals surface area contributed by atoms with Gasteiger partial charge in [0.05, 0.1) is 11.9 Å². The summed E-state index contributed by atoms with van der Waals surface area (Å²) in [5.41, 5.74) is 2.34. The lowest BCUT2D eigenvalue weighted by atomic mass is 10.1. The number of hydrogen-bond acceptors (Lipinski definition) is 3. The second kappa shape index (κ2) is 6.60. The Kier molecular flexibility index (Phi) is 4.97. The van der Waals surface area contributed by atoms with Crippen molar-refractivity contribution in [2.24, 2.45) is 0 Å². The number of carbonyl (C=O) groups excluding carboxylic acids is 1. The Hall–Kier alpha value is -2.05. The first-order chi connectivity index (χ1) is 10.7. The molecule has 2 rings (SSSR count). The smallest absolute Gasteiger partial charge is 0.255 e. The minimum Gasteiger partial charge on any atom is -0.322 e. The number of rotatable bonds is 4. The van der Waals surface area contributed by atoms with Gasteiger partial charge in [0.25, 0.3) is 5.91 Å². The summed E-state index contributed by atoms with van der Waals surface area (Å²) < 4.78 is 24.1. The van der Waals surface area contributed by atoms with Gasteiger partial charge >= 0.3 is 0 Å². The molecule has 2 aromatic carbocycles. The van der Waals surface area contributed by atoms with Gasteiger partial charge in [-0.1, -0.05) is 17.7 Å². The molecule has 0 atom stereocenters. The van der Waals surface area contributed by atoms with Crippen molar-refractivity contribution in [1.82, 2.24) is 0 Å². The summed E-state index contributed by atoms with van der Waals surface area (Å²) in [6.07, 6.45) is 1.12. The topological polar surface area (TPSA) is 66.5 Å². The molecule has 0 bridgehead atoms. The molecule has 0 saturated heterocycles. The molecule has 2 aromatic rings. The molecular weight excluding hydrogens is 336 g/mol. The van der Waals surface area contributed by atoms with Gasteiger partial charge in [0, 0.05) is 23.3 Å². The van der Waals surface area contributed by atoms with Crippen molar-refractivity contribution in [3.8, 4) is 0 Å². The Morgan fingerprint density at radius 3 is 2.30 bits per heavy atom. The molecule has 0 fully saturated rings. The van der Waals surface area contributed by atoms with Gasteiger partial charge in [-0.2, -0.15) is 0 Å². The van der Waals surface area contributed by atoms with Crippen molar-refractivity contribution >= 4 is 38.9 Å². The third-order valence-corrected chi connectivity index (χ3v) is 5.12. The van der Waals surface area contributed by atoms with Crippen LogP contribution in [-0.4, -0.2) is 27.6 Å². The van der Waals surface area contributed by atoms with Gasteiger partial charge < -0.3 is 5.32 Å². The SMILES string of the molecule is Cc1c(Cl)cccc1NC(=O)c1ccc(N(C)S(C)(=O)=O)cc1. The van der Waals surface area contributed by atoms with Crippen LogP contribution in [0.2, 0.25) is 5.02 Å². The van der Waals surface area contributed by atoms with E-state index in [0.29, 0.717) is 22.0 Å². The fourth-order valence-corrected chi connectivity index (χ4v) is 2.63. The van der Waals surface area contributed by atoms with Crippen LogP contribution < -0.4 is 9.62 Å². The minimum absolute atomic E-state index is 0.288. The number of sulfonamides is 1. The van der Waals surface area contributed by atoms with Crippen molar-refractivity contribution in [2.75, 3.05) is 22.9 Å². The van der Waals surface area contributed by atoms with Crippen LogP contribution in [-0.2, 0) is 10.0 Å². The van der Waals surface area contributed by atoms with Gasteiger partial charge in [0.2, 0.25) is 10.0 Å². The summed E-state index contributed by atoms with van der Waals surface area (Å²) in [5.74, 6) is -0.288. The Balaban J connectivity index is 2.19. The molecule has 0 radical (unpaired) electrons. The van der Waals surface area contributed by atoms with Crippen LogP contribution in [0.3, 0.4) is 0 Å². The highest BCUT2D eigenvalue weighted by Gasteiger charge is 2.13. The van der Waals surface area contributed by atoms with E-state index in [0.717, 1.165) is 16.1 Å². The van der Waals surface area contributed by atoms with Crippen molar-refractivity contribution in [3.63, 3.8) is 0 Å². The Bertz CT molecular complexity index is 833. The molecule has 0 spiro atoms. The van der Waals surface area contributed by atoms with Gasteiger partial charge in [0.15, 0.2) is 0 Å². The quantitative estimate of drug-likeness (QED) is 0.918. The van der Waals surface area contributed by atoms with Gasteiger partial charge in [-0.25, -0.2) is 8.42 Å². The van der Waals surface area contributed by atoms with Crippen LogP contribution in [0, 0.1) is 6.92 Å². The first kappa shape index (κ1) is 17.3. The van der Waals surface area contributed by atoms with Crippen LogP contribution >= 0.6 is 11.6 Å². The van der Waals surface area contributed by atoms with E-state index < -0.39 is 10.0 Å². The third-order valence-electron chi connectivity index (χ3n) is 3.51. The van der Waals surface area contributed by atoms with E-state index in [1.807, 2.05) is 6.92 Å². The monoisotopic (exact) mass is 352 g/mol. The summed E-state index contributed by atoms with van der Waals surface area (Å²) >= 11 is 6.03. The zero-order valence-corrected chi connectivity index (χ0v) is 14.6. The van der Waals surface area contributed by atoms with E-state index in [-0.39, 0.29) is 5.91 Å². The predicted molar refractivity (Wildman–Crippen MR) is 93.8 cm³/mol. The van der Waals surface area contributed by atoms with E-state index in [2.05, 4.69) is 5.32 Å². The lowest BCUT2D eigenvalue weighted by Gasteiger charge is -2.16. The molecule has 5 nitrogen and oxygen atoms in total. The average Bonchev–Trinajstić information content (AvgIpc) is 2.50. The van der Waals surface area contributed by atoms with E-state index in [9.17, 15) is 13.2 Å². The molecule has 0 aliphatic heterocycles. The fourth-order valence-electron chi connectivity index (χ4n) is 1.95. The molecule has 0 aromatic heterocycles. The number of anilines is 2. The second-order valence-electron chi connectivity index (χ2n) is 5.14. The molecule has 122 valence electrons. The average molecular weight is 353 g/mol. The van der Waals surface area contributed by atoms with Gasteiger partial charge in [-0.3, -0.25) is 9.10 Å². The van der Waals surface area contributed by atoms with Gasteiger partial charge in [0.1, 0.15) is 0 Å². The molecule has 0 aliphatic rings. The third kappa shape index (κ3) is 4.03. The summed E-state index contributed by atoms with van der Waals surface area (Å²) in [6, 6.07) is 11.6. The Morgan fingerprint density at radius 2 is 1.74 bits per heavy atom. The van der Waals surface area contributed by atoms with Crippen LogP contribution in [0.5, 0.6) is 0 Å². The van der Waals surface area contributed by atoms with Crippen LogP contribution in [0.25, 0.3) is 0 Å². The van der Waals surface area contributed by atoms with Crippen molar-refractivity contribution in [3.05, 3.63) is 58.6 Å². The Labute approximate surface area is 140 Å². The van der Waals surface area contributed by atoms with E-state index in [1.165, 1.54) is 7.05 Å². The lowest BCUT2D eigenvalue weighted by Crippen LogP contribution is -2.24. The van der Waals surface area contributed by atoms with Crippen molar-refractivity contribution in [2.45, 2.75) is 6.92 Å². The highest BCUT2D eigenvalue weighted by atomic mass is 35.5. The zero-order valence-electron chi connectivity index (χ0n) is 13.0. The number of halogens is 1. The van der Waals surface area contributed by atoms with E-state index in [4.69, 9.17) is 11.6 Å². The molecular formula is C16H17ClN2O3S. The predicted octanol–water partition coefficient (Wildman–Crippen LogP) is 3.30. The second-order valence-corrected chi connectivity index (χ2v) is 7.56. The van der Waals surface area contributed by atoms with E-state index >= 15 is 0 Å². The summed E-state index contributed by atoms with van der Waals surface area (Å²) in [7, 11) is -1.87. The summed E-state index contributed by atoms with van der Waals surface area (Å²) in [6.45, 7) is 1.82. The Morgan fingerprint density at radius 1 is 1.13 bits per heavy atom. The molecule has 23 heavy (non-hydrogen) atoms. The molecule has 1 N–H and O–H groups in total. The number of nitrogens with one attached hydrogen (secondary N) is 1. The van der Waals surface area contributed by atoms with E-state index in [1.54, 1.807) is 42.5 Å². The standard InChI is InChI=1S/C16H17ClN2O3S/c1-11-14(17)5-4-6-15(11)18-16(20)12-7-9-13(10-8-12)19(2)23(3,21)22/h4-10H,1-3H3,(H,18,20). The van der Waals surface area contributed by atoms with Crippen LogP contribution in [0.15, 0.2) is 42.5 Å². The van der Waals surface area contributed by atoms with Crippen LogP contribution in [0.4, 0.5) is 11.4 Å².